The van der Waals surface area contributed by atoms with E-state index in [4.69, 9.17) is 20.2 Å². The van der Waals surface area contributed by atoms with E-state index in [2.05, 4.69) is 24.5 Å². The monoisotopic (exact) mass is 332 g/mol. The zero-order valence-corrected chi connectivity index (χ0v) is 14.6. The number of guanidine groups is 1. The second-order valence-electron chi connectivity index (χ2n) is 7.35. The van der Waals surface area contributed by atoms with Gasteiger partial charge in [-0.2, -0.15) is 0 Å². The number of rotatable bonds is 5. The lowest BCUT2D eigenvalue weighted by Crippen LogP contribution is -2.39. The number of nitrogens with one attached hydrogen (secondary N) is 2. The first-order chi connectivity index (χ1) is 11.6. The van der Waals surface area contributed by atoms with E-state index in [9.17, 15) is 0 Å². The minimum Gasteiger partial charge on any atom is -0.454 e. The standard InChI is InChI=1S/C18H28N4O2/c1-18(2,10-19)11-20-17(21-13-5-3-4-6-13)22-14-7-8-15-16(9-14)24-12-23-15/h7-9,13H,3-6,10-12,19H2,1-2H3,(H2,20,21,22). The lowest BCUT2D eigenvalue weighted by Gasteiger charge is -2.22. The molecule has 0 aromatic heterocycles. The van der Waals surface area contributed by atoms with Gasteiger partial charge in [-0.3, -0.25) is 4.99 Å². The van der Waals surface area contributed by atoms with E-state index < -0.39 is 0 Å². The van der Waals surface area contributed by atoms with Crippen molar-refractivity contribution in [2.75, 3.05) is 25.2 Å². The van der Waals surface area contributed by atoms with Crippen molar-refractivity contribution in [3.8, 4) is 11.5 Å². The van der Waals surface area contributed by atoms with Crippen LogP contribution in [0, 0.1) is 5.41 Å². The molecule has 3 rings (SSSR count). The molecule has 1 saturated carbocycles. The van der Waals surface area contributed by atoms with E-state index in [0.717, 1.165) is 23.1 Å². The van der Waals surface area contributed by atoms with Gasteiger partial charge in [0.25, 0.3) is 0 Å². The Morgan fingerprint density at radius 2 is 2.00 bits per heavy atom. The van der Waals surface area contributed by atoms with Crippen LogP contribution in [0.2, 0.25) is 0 Å². The highest BCUT2D eigenvalue weighted by molar-refractivity contribution is 5.94. The van der Waals surface area contributed by atoms with E-state index in [1.807, 2.05) is 18.2 Å². The number of nitrogens with two attached hydrogens (primary N) is 1. The molecule has 0 spiro atoms. The number of hydrogen-bond donors (Lipinski definition) is 3. The summed E-state index contributed by atoms with van der Waals surface area (Å²) in [5.74, 6) is 2.36. The molecule has 0 atom stereocenters. The van der Waals surface area contributed by atoms with Gasteiger partial charge < -0.3 is 25.8 Å². The summed E-state index contributed by atoms with van der Waals surface area (Å²) in [5.41, 5.74) is 6.75. The number of nitrogens with zero attached hydrogens (tertiary/aromatic N) is 1. The van der Waals surface area contributed by atoms with Crippen LogP contribution in [-0.4, -0.2) is 31.9 Å². The maximum Gasteiger partial charge on any atom is 0.231 e. The van der Waals surface area contributed by atoms with Crippen LogP contribution in [0.1, 0.15) is 39.5 Å². The predicted octanol–water partition coefficient (Wildman–Crippen LogP) is 2.70. The lowest BCUT2D eigenvalue weighted by molar-refractivity contribution is 0.174. The fourth-order valence-corrected chi connectivity index (χ4v) is 2.85. The third kappa shape index (κ3) is 4.32. The van der Waals surface area contributed by atoms with Crippen molar-refractivity contribution in [2.45, 2.75) is 45.6 Å². The summed E-state index contributed by atoms with van der Waals surface area (Å²) >= 11 is 0. The van der Waals surface area contributed by atoms with Crippen molar-refractivity contribution >= 4 is 11.6 Å². The molecule has 1 fully saturated rings. The predicted molar refractivity (Wildman–Crippen MR) is 96.7 cm³/mol. The van der Waals surface area contributed by atoms with Gasteiger partial charge in [0.2, 0.25) is 6.79 Å². The smallest absolute Gasteiger partial charge is 0.231 e. The molecule has 4 N–H and O–H groups in total. The third-order valence-corrected chi connectivity index (χ3v) is 4.55. The van der Waals surface area contributed by atoms with Crippen molar-refractivity contribution in [1.82, 2.24) is 5.32 Å². The average Bonchev–Trinajstić information content (AvgIpc) is 3.23. The van der Waals surface area contributed by atoms with Gasteiger partial charge in [-0.25, -0.2) is 0 Å². The molecule has 0 radical (unpaired) electrons. The number of ether oxygens (including phenoxy) is 2. The molecule has 0 saturated heterocycles. The zero-order valence-electron chi connectivity index (χ0n) is 14.6. The van der Waals surface area contributed by atoms with Gasteiger partial charge in [0.15, 0.2) is 17.5 Å². The summed E-state index contributed by atoms with van der Waals surface area (Å²) in [6.45, 7) is 5.83. The van der Waals surface area contributed by atoms with Gasteiger partial charge in [0.1, 0.15) is 0 Å². The summed E-state index contributed by atoms with van der Waals surface area (Å²) in [4.78, 5) is 4.76. The van der Waals surface area contributed by atoms with E-state index in [1.54, 1.807) is 0 Å². The number of benzene rings is 1. The van der Waals surface area contributed by atoms with Gasteiger partial charge in [-0.15, -0.1) is 0 Å². The summed E-state index contributed by atoms with van der Waals surface area (Å²) < 4.78 is 10.8. The summed E-state index contributed by atoms with van der Waals surface area (Å²) in [6.07, 6.45) is 4.96. The van der Waals surface area contributed by atoms with Crippen molar-refractivity contribution in [1.29, 1.82) is 0 Å². The molecular weight excluding hydrogens is 304 g/mol. The fourth-order valence-electron chi connectivity index (χ4n) is 2.85. The van der Waals surface area contributed by atoms with Crippen molar-refractivity contribution < 1.29 is 9.47 Å². The first-order valence-electron chi connectivity index (χ1n) is 8.73. The number of aliphatic imine (C=N–C) groups is 1. The summed E-state index contributed by atoms with van der Waals surface area (Å²) in [6, 6.07) is 6.34. The molecule has 0 bridgehead atoms. The van der Waals surface area contributed by atoms with Gasteiger partial charge in [-0.05, 0) is 36.9 Å². The molecule has 132 valence electrons. The topological polar surface area (TPSA) is 80.9 Å². The highest BCUT2D eigenvalue weighted by Crippen LogP contribution is 2.34. The quantitative estimate of drug-likeness (QED) is 0.570. The minimum absolute atomic E-state index is 0.0147. The molecule has 1 aromatic carbocycles. The minimum atomic E-state index is -0.0147. The summed E-state index contributed by atoms with van der Waals surface area (Å²) in [7, 11) is 0. The Morgan fingerprint density at radius 3 is 2.75 bits per heavy atom. The van der Waals surface area contributed by atoms with Crippen LogP contribution in [0.5, 0.6) is 11.5 Å². The van der Waals surface area contributed by atoms with E-state index in [0.29, 0.717) is 19.1 Å². The third-order valence-electron chi connectivity index (χ3n) is 4.55. The molecule has 1 aliphatic heterocycles. The van der Waals surface area contributed by atoms with Gasteiger partial charge in [-0.1, -0.05) is 26.7 Å². The first-order valence-corrected chi connectivity index (χ1v) is 8.73. The van der Waals surface area contributed by atoms with E-state index >= 15 is 0 Å². The number of anilines is 1. The largest absolute Gasteiger partial charge is 0.454 e. The average molecular weight is 332 g/mol. The van der Waals surface area contributed by atoms with E-state index in [-0.39, 0.29) is 12.2 Å². The Morgan fingerprint density at radius 1 is 1.25 bits per heavy atom. The molecule has 24 heavy (non-hydrogen) atoms. The lowest BCUT2D eigenvalue weighted by atomic mass is 9.94. The summed E-state index contributed by atoms with van der Waals surface area (Å²) in [5, 5.41) is 6.95. The second kappa shape index (κ2) is 7.30. The second-order valence-corrected chi connectivity index (χ2v) is 7.35. The Labute approximate surface area is 143 Å². The molecule has 6 heteroatoms. The van der Waals surface area contributed by atoms with Crippen LogP contribution in [0.15, 0.2) is 23.2 Å². The highest BCUT2D eigenvalue weighted by Gasteiger charge is 2.19. The Bertz CT molecular complexity index is 595. The van der Waals surface area contributed by atoms with Crippen molar-refractivity contribution in [2.24, 2.45) is 16.1 Å². The van der Waals surface area contributed by atoms with Crippen LogP contribution in [-0.2, 0) is 0 Å². The molecule has 1 heterocycles. The molecule has 1 aromatic rings. The van der Waals surface area contributed by atoms with Crippen LogP contribution >= 0.6 is 0 Å². The van der Waals surface area contributed by atoms with Gasteiger partial charge >= 0.3 is 0 Å². The van der Waals surface area contributed by atoms with Crippen LogP contribution in [0.25, 0.3) is 0 Å². The molecule has 2 aliphatic rings. The molecule has 6 nitrogen and oxygen atoms in total. The van der Waals surface area contributed by atoms with Gasteiger partial charge in [0.05, 0.1) is 0 Å². The highest BCUT2D eigenvalue weighted by atomic mass is 16.7. The van der Waals surface area contributed by atoms with Crippen molar-refractivity contribution in [3.05, 3.63) is 18.2 Å². The molecule has 1 aliphatic carbocycles. The molecule has 0 amide bonds. The number of fused-ring (bicyclic) bond motifs is 1. The Kier molecular flexibility index (Phi) is 5.14. The van der Waals surface area contributed by atoms with Crippen LogP contribution in [0.3, 0.4) is 0 Å². The Hall–Kier alpha value is -1.95. The number of hydrogen-bond acceptors (Lipinski definition) is 4. The SMILES string of the molecule is CC(C)(CN)CN=C(Nc1ccc2c(c1)OCO2)NC1CCCC1. The Balaban J connectivity index is 1.72. The molecular formula is C18H28N4O2. The fraction of sp³-hybridized carbons (Fsp3) is 0.611. The van der Waals surface area contributed by atoms with Crippen LogP contribution < -0.4 is 25.8 Å². The van der Waals surface area contributed by atoms with E-state index in [1.165, 1.54) is 25.7 Å². The maximum atomic E-state index is 5.83. The maximum absolute atomic E-state index is 5.83. The van der Waals surface area contributed by atoms with Crippen molar-refractivity contribution in [3.63, 3.8) is 0 Å². The van der Waals surface area contributed by atoms with Crippen LogP contribution in [0.4, 0.5) is 5.69 Å². The molecule has 0 unspecified atom stereocenters. The first kappa shape index (κ1) is 16.9. The van der Waals surface area contributed by atoms with Gasteiger partial charge in [0, 0.05) is 24.3 Å². The zero-order chi connectivity index (χ0) is 17.0. The normalized spacial score (nSPS) is 18.0.